The van der Waals surface area contributed by atoms with E-state index in [1.54, 1.807) is 0 Å². The number of aryl methyl sites for hydroxylation is 1. The van der Waals surface area contributed by atoms with Crippen molar-refractivity contribution in [3.05, 3.63) is 29.8 Å². The van der Waals surface area contributed by atoms with Crippen molar-refractivity contribution in [1.82, 2.24) is 4.90 Å². The monoisotopic (exact) mass is 267 g/mol. The minimum atomic E-state index is -0.272. The molecule has 1 aliphatic rings. The summed E-state index contributed by atoms with van der Waals surface area (Å²) in [5.74, 6) is 0.848. The van der Waals surface area contributed by atoms with Gasteiger partial charge in [-0.1, -0.05) is 23.7 Å². The Morgan fingerprint density at radius 3 is 2.50 bits per heavy atom. The largest absolute Gasteiger partial charge is 0.475 e. The zero-order valence-corrected chi connectivity index (χ0v) is 11.8. The summed E-state index contributed by atoms with van der Waals surface area (Å²) in [6, 6.07) is 8.28. The molecule has 1 saturated heterocycles. The molecule has 0 aromatic heterocycles. The first-order valence-corrected chi connectivity index (χ1v) is 7.30. The van der Waals surface area contributed by atoms with Gasteiger partial charge in [-0.25, -0.2) is 0 Å². The lowest BCUT2D eigenvalue weighted by Crippen LogP contribution is -2.20. The Kier molecular flexibility index (Phi) is 5.33. The van der Waals surface area contributed by atoms with E-state index in [4.69, 9.17) is 16.3 Å². The molecule has 1 fully saturated rings. The van der Waals surface area contributed by atoms with Crippen LogP contribution in [0, 0.1) is 0 Å². The fraction of sp³-hybridized carbons (Fsp3) is 0.600. The standard InChI is InChI=1S/C15H22ClNO/c1-13(16)18-15-8-6-14(7-9-15)5-4-12-17-10-2-3-11-17/h6-9,13H,2-5,10-12H2,1H3. The number of alkyl halides is 1. The molecular formula is C15H22ClNO. The summed E-state index contributed by atoms with van der Waals surface area (Å²) in [7, 11) is 0. The maximum Gasteiger partial charge on any atom is 0.169 e. The van der Waals surface area contributed by atoms with Crippen molar-refractivity contribution in [3.63, 3.8) is 0 Å². The topological polar surface area (TPSA) is 12.5 Å². The van der Waals surface area contributed by atoms with Crippen LogP contribution in [0.25, 0.3) is 0 Å². The van der Waals surface area contributed by atoms with Gasteiger partial charge in [-0.15, -0.1) is 0 Å². The van der Waals surface area contributed by atoms with Gasteiger partial charge in [0.05, 0.1) is 0 Å². The van der Waals surface area contributed by atoms with Crippen LogP contribution in [0.15, 0.2) is 24.3 Å². The molecule has 0 saturated carbocycles. The van der Waals surface area contributed by atoms with Gasteiger partial charge in [-0.2, -0.15) is 0 Å². The van der Waals surface area contributed by atoms with Crippen LogP contribution in [0.1, 0.15) is 31.7 Å². The first-order chi connectivity index (χ1) is 8.74. The summed E-state index contributed by atoms with van der Waals surface area (Å²) in [6.45, 7) is 5.64. The third-order valence-electron chi connectivity index (χ3n) is 3.36. The van der Waals surface area contributed by atoms with Gasteiger partial charge in [0.1, 0.15) is 5.75 Å². The lowest BCUT2D eigenvalue weighted by Gasteiger charge is -2.14. The van der Waals surface area contributed by atoms with Gasteiger partial charge in [0.2, 0.25) is 0 Å². The van der Waals surface area contributed by atoms with E-state index >= 15 is 0 Å². The number of rotatable bonds is 6. The van der Waals surface area contributed by atoms with Crippen LogP contribution in [0.3, 0.4) is 0 Å². The highest BCUT2D eigenvalue weighted by Crippen LogP contribution is 2.16. The van der Waals surface area contributed by atoms with Crippen molar-refractivity contribution >= 4 is 11.6 Å². The minimum Gasteiger partial charge on any atom is -0.475 e. The molecule has 1 unspecified atom stereocenters. The van der Waals surface area contributed by atoms with E-state index in [1.807, 2.05) is 19.1 Å². The SMILES string of the molecule is CC(Cl)Oc1ccc(CCCN2CCCC2)cc1. The first kappa shape index (κ1) is 13.7. The van der Waals surface area contributed by atoms with Crippen molar-refractivity contribution < 1.29 is 4.74 Å². The average Bonchev–Trinajstić information content (AvgIpc) is 2.84. The predicted molar refractivity (Wildman–Crippen MR) is 76.4 cm³/mol. The number of halogens is 1. The zero-order chi connectivity index (χ0) is 12.8. The molecule has 0 N–H and O–H groups in total. The molecule has 1 aromatic carbocycles. The quantitative estimate of drug-likeness (QED) is 0.729. The Hall–Kier alpha value is -0.730. The highest BCUT2D eigenvalue weighted by molar-refractivity contribution is 6.19. The number of benzene rings is 1. The van der Waals surface area contributed by atoms with E-state index in [2.05, 4.69) is 17.0 Å². The van der Waals surface area contributed by atoms with Crippen molar-refractivity contribution in [2.45, 2.75) is 38.2 Å². The first-order valence-electron chi connectivity index (χ1n) is 6.86. The second-order valence-electron chi connectivity index (χ2n) is 4.96. The number of hydrogen-bond acceptors (Lipinski definition) is 2. The fourth-order valence-corrected chi connectivity index (χ4v) is 2.54. The predicted octanol–water partition coefficient (Wildman–Crippen LogP) is 3.68. The lowest BCUT2D eigenvalue weighted by molar-refractivity contribution is 0.301. The Labute approximate surface area is 115 Å². The maximum absolute atomic E-state index is 5.78. The maximum atomic E-state index is 5.78. The summed E-state index contributed by atoms with van der Waals surface area (Å²) < 4.78 is 5.41. The summed E-state index contributed by atoms with van der Waals surface area (Å²) in [5.41, 5.74) is 1.11. The smallest absolute Gasteiger partial charge is 0.169 e. The van der Waals surface area contributed by atoms with Crippen LogP contribution in [0.4, 0.5) is 0 Å². The Morgan fingerprint density at radius 1 is 1.22 bits per heavy atom. The Balaban J connectivity index is 1.72. The molecule has 100 valence electrons. The molecule has 0 amide bonds. The summed E-state index contributed by atoms with van der Waals surface area (Å²) in [5, 5.41) is 0. The lowest BCUT2D eigenvalue weighted by atomic mass is 10.1. The van der Waals surface area contributed by atoms with Gasteiger partial charge >= 0.3 is 0 Å². The summed E-state index contributed by atoms with van der Waals surface area (Å²) in [4.78, 5) is 2.56. The molecule has 1 aliphatic heterocycles. The van der Waals surface area contributed by atoms with Crippen molar-refractivity contribution in [1.29, 1.82) is 0 Å². The molecule has 0 spiro atoms. The fourth-order valence-electron chi connectivity index (χ4n) is 2.44. The molecule has 2 rings (SSSR count). The minimum absolute atomic E-state index is 0.272. The zero-order valence-electron chi connectivity index (χ0n) is 11.1. The number of likely N-dealkylation sites (tertiary alicyclic amines) is 1. The van der Waals surface area contributed by atoms with Crippen molar-refractivity contribution in [3.8, 4) is 5.75 Å². The van der Waals surface area contributed by atoms with E-state index in [-0.39, 0.29) is 5.56 Å². The second-order valence-corrected chi connectivity index (χ2v) is 5.57. The molecular weight excluding hydrogens is 246 g/mol. The van der Waals surface area contributed by atoms with Crippen LogP contribution >= 0.6 is 11.6 Å². The van der Waals surface area contributed by atoms with E-state index in [1.165, 1.54) is 44.5 Å². The van der Waals surface area contributed by atoms with Gasteiger partial charge < -0.3 is 9.64 Å². The average molecular weight is 268 g/mol. The van der Waals surface area contributed by atoms with E-state index < -0.39 is 0 Å². The molecule has 1 aromatic rings. The number of ether oxygens (including phenoxy) is 1. The van der Waals surface area contributed by atoms with Crippen molar-refractivity contribution in [2.24, 2.45) is 0 Å². The van der Waals surface area contributed by atoms with Gasteiger partial charge in [0.25, 0.3) is 0 Å². The van der Waals surface area contributed by atoms with Gasteiger partial charge in [0.15, 0.2) is 5.56 Å². The molecule has 2 nitrogen and oxygen atoms in total. The highest BCUT2D eigenvalue weighted by atomic mass is 35.5. The van der Waals surface area contributed by atoms with Crippen LogP contribution in [-0.4, -0.2) is 30.1 Å². The van der Waals surface area contributed by atoms with Gasteiger partial charge in [0, 0.05) is 0 Å². The summed E-state index contributed by atoms with van der Waals surface area (Å²) in [6.07, 6.45) is 5.14. The molecule has 0 bridgehead atoms. The number of nitrogens with zero attached hydrogens (tertiary/aromatic N) is 1. The van der Waals surface area contributed by atoms with E-state index in [9.17, 15) is 0 Å². The van der Waals surface area contributed by atoms with E-state index in [0.29, 0.717) is 0 Å². The second kappa shape index (κ2) is 7.01. The molecule has 1 heterocycles. The Bertz CT molecular complexity index is 344. The molecule has 18 heavy (non-hydrogen) atoms. The van der Waals surface area contributed by atoms with Crippen LogP contribution in [-0.2, 0) is 6.42 Å². The third kappa shape index (κ3) is 4.51. The van der Waals surface area contributed by atoms with E-state index in [0.717, 1.165) is 12.2 Å². The normalized spacial score (nSPS) is 17.9. The molecule has 3 heteroatoms. The van der Waals surface area contributed by atoms with Crippen molar-refractivity contribution in [2.75, 3.05) is 19.6 Å². The molecule has 0 radical (unpaired) electrons. The number of hydrogen-bond donors (Lipinski definition) is 0. The van der Waals surface area contributed by atoms with Gasteiger partial charge in [-0.3, -0.25) is 0 Å². The highest BCUT2D eigenvalue weighted by Gasteiger charge is 2.10. The molecule has 0 aliphatic carbocycles. The van der Waals surface area contributed by atoms with Gasteiger partial charge in [-0.05, 0) is 69.9 Å². The Morgan fingerprint density at radius 2 is 1.89 bits per heavy atom. The van der Waals surface area contributed by atoms with Crippen LogP contribution in [0.2, 0.25) is 0 Å². The third-order valence-corrected chi connectivity index (χ3v) is 3.45. The molecule has 1 atom stereocenters. The summed E-state index contributed by atoms with van der Waals surface area (Å²) >= 11 is 5.78. The van der Waals surface area contributed by atoms with Crippen LogP contribution < -0.4 is 4.74 Å². The van der Waals surface area contributed by atoms with Crippen LogP contribution in [0.5, 0.6) is 5.75 Å².